The van der Waals surface area contributed by atoms with E-state index in [0.29, 0.717) is 23.0 Å². The lowest BCUT2D eigenvalue weighted by atomic mass is 9.85. The van der Waals surface area contributed by atoms with Gasteiger partial charge in [-0.25, -0.2) is 4.79 Å². The molecule has 40 heavy (non-hydrogen) atoms. The highest BCUT2D eigenvalue weighted by molar-refractivity contribution is 6.00. The summed E-state index contributed by atoms with van der Waals surface area (Å²) in [6, 6.07) is 19.4. The number of rotatable bonds is 8. The Morgan fingerprint density at radius 3 is 2.55 bits per heavy atom. The molecule has 0 saturated carbocycles. The molecule has 3 aromatic carbocycles. The number of piperidine rings is 1. The number of hydrogen-bond acceptors (Lipinski definition) is 7. The van der Waals surface area contributed by atoms with Crippen LogP contribution < -0.4 is 24.6 Å². The Balaban J connectivity index is 1.56. The summed E-state index contributed by atoms with van der Waals surface area (Å²) in [5.74, 6) is 3.21. The second kappa shape index (κ2) is 11.3. The predicted molar refractivity (Wildman–Crippen MR) is 155 cm³/mol. The molecule has 6 rings (SSSR count). The van der Waals surface area contributed by atoms with Crippen molar-refractivity contribution in [1.82, 2.24) is 4.90 Å². The second-order valence-corrected chi connectivity index (χ2v) is 10.7. The summed E-state index contributed by atoms with van der Waals surface area (Å²) in [7, 11) is 3.27. The zero-order chi connectivity index (χ0) is 27.6. The molecule has 2 unspecified atom stereocenters. The quantitative estimate of drug-likeness (QED) is 0.237. The average Bonchev–Trinajstić information content (AvgIpc) is 3.45. The standard InChI is InChI=1S/C33H35NO6/c1-21-8-7-14-34(19-21)15-13-24(23-11-12-26-27(16-23)39-20-38-26)31-28(36-2)18-29(37-3)32-25(17-30(35)40-33(31)32)22-9-5-4-6-10-22/h4-6,9-12,16-18,21,24H,7-8,13-15,19-20H2,1-3H3. The van der Waals surface area contributed by atoms with Crippen molar-refractivity contribution < 1.29 is 23.4 Å². The number of fused-ring (bicyclic) bond motifs is 2. The van der Waals surface area contributed by atoms with E-state index in [1.165, 1.54) is 12.8 Å². The molecular weight excluding hydrogens is 506 g/mol. The Bertz CT molecular complexity index is 1560. The minimum absolute atomic E-state index is 0.135. The summed E-state index contributed by atoms with van der Waals surface area (Å²) in [4.78, 5) is 15.6. The van der Waals surface area contributed by atoms with Crippen LogP contribution in [0.15, 0.2) is 69.9 Å². The first kappa shape index (κ1) is 26.3. The third-order valence-corrected chi connectivity index (χ3v) is 8.13. The predicted octanol–water partition coefficient (Wildman–Crippen LogP) is 6.46. The summed E-state index contributed by atoms with van der Waals surface area (Å²) in [6.07, 6.45) is 3.29. The summed E-state index contributed by atoms with van der Waals surface area (Å²) >= 11 is 0. The van der Waals surface area contributed by atoms with Gasteiger partial charge in [-0.2, -0.15) is 0 Å². The molecule has 0 bridgehead atoms. The normalized spacial score (nSPS) is 17.6. The molecule has 1 fully saturated rings. The van der Waals surface area contributed by atoms with E-state index in [2.05, 4.69) is 17.9 Å². The number of nitrogens with zero attached hydrogens (tertiary/aromatic N) is 1. The van der Waals surface area contributed by atoms with Crippen LogP contribution >= 0.6 is 0 Å². The molecular formula is C33H35NO6. The number of benzene rings is 3. The lowest BCUT2D eigenvalue weighted by molar-refractivity contribution is 0.174. The van der Waals surface area contributed by atoms with E-state index in [1.54, 1.807) is 20.3 Å². The van der Waals surface area contributed by atoms with Crippen LogP contribution in [-0.2, 0) is 0 Å². The van der Waals surface area contributed by atoms with Gasteiger partial charge in [-0.1, -0.05) is 43.3 Å². The van der Waals surface area contributed by atoms with Gasteiger partial charge < -0.3 is 28.3 Å². The van der Waals surface area contributed by atoms with E-state index in [9.17, 15) is 4.79 Å². The summed E-state index contributed by atoms with van der Waals surface area (Å²) in [6.45, 7) is 5.61. The van der Waals surface area contributed by atoms with Crippen molar-refractivity contribution in [2.45, 2.75) is 32.1 Å². The van der Waals surface area contributed by atoms with Crippen molar-refractivity contribution in [3.63, 3.8) is 0 Å². The fourth-order valence-corrected chi connectivity index (χ4v) is 6.22. The molecule has 7 heteroatoms. The smallest absolute Gasteiger partial charge is 0.336 e. The Hall–Kier alpha value is -3.97. The minimum Gasteiger partial charge on any atom is -0.496 e. The molecule has 0 spiro atoms. The minimum atomic E-state index is -0.419. The van der Waals surface area contributed by atoms with Gasteiger partial charge in [0.25, 0.3) is 0 Å². The van der Waals surface area contributed by atoms with E-state index in [4.69, 9.17) is 23.4 Å². The first-order valence-electron chi connectivity index (χ1n) is 14.0. The highest BCUT2D eigenvalue weighted by Crippen LogP contribution is 2.47. The number of methoxy groups -OCH3 is 2. The molecule has 7 nitrogen and oxygen atoms in total. The van der Waals surface area contributed by atoms with Gasteiger partial charge in [0.1, 0.15) is 17.1 Å². The van der Waals surface area contributed by atoms with Crippen molar-refractivity contribution >= 4 is 11.0 Å². The first-order chi connectivity index (χ1) is 19.6. The van der Waals surface area contributed by atoms with Crippen molar-refractivity contribution in [3.8, 4) is 34.1 Å². The van der Waals surface area contributed by atoms with Crippen LogP contribution in [0.5, 0.6) is 23.0 Å². The largest absolute Gasteiger partial charge is 0.496 e. The fourth-order valence-electron chi connectivity index (χ4n) is 6.22. The first-order valence-corrected chi connectivity index (χ1v) is 14.0. The molecule has 0 radical (unpaired) electrons. The van der Waals surface area contributed by atoms with E-state index in [0.717, 1.165) is 65.2 Å². The maximum Gasteiger partial charge on any atom is 0.336 e. The molecule has 3 heterocycles. The molecule has 2 aliphatic heterocycles. The highest BCUT2D eigenvalue weighted by atomic mass is 16.7. The molecule has 0 amide bonds. The summed E-state index contributed by atoms with van der Waals surface area (Å²) in [5.41, 5.74) is 3.62. The molecule has 0 N–H and O–H groups in total. The Labute approximate surface area is 234 Å². The van der Waals surface area contributed by atoms with Crippen LogP contribution in [-0.4, -0.2) is 45.5 Å². The van der Waals surface area contributed by atoms with E-state index in [-0.39, 0.29) is 12.7 Å². The third kappa shape index (κ3) is 5.02. The van der Waals surface area contributed by atoms with Crippen LogP contribution in [0.2, 0.25) is 0 Å². The van der Waals surface area contributed by atoms with Gasteiger partial charge >= 0.3 is 5.63 Å². The maximum absolute atomic E-state index is 13.1. The van der Waals surface area contributed by atoms with Gasteiger partial charge in [0, 0.05) is 35.7 Å². The maximum atomic E-state index is 13.1. The summed E-state index contributed by atoms with van der Waals surface area (Å²) in [5, 5.41) is 0.751. The Morgan fingerprint density at radius 2 is 1.77 bits per heavy atom. The average molecular weight is 542 g/mol. The molecule has 1 saturated heterocycles. The number of ether oxygens (including phenoxy) is 4. The fraction of sp³-hybridized carbons (Fsp3) is 0.364. The topological polar surface area (TPSA) is 70.4 Å². The SMILES string of the molecule is COc1cc(OC)c2c(-c3ccccc3)cc(=O)oc2c1C(CCN1CCCC(C)C1)c1ccc2c(c1)OCO2. The molecule has 1 aromatic heterocycles. The van der Waals surface area contributed by atoms with Crippen LogP contribution in [0.1, 0.15) is 43.2 Å². The summed E-state index contributed by atoms with van der Waals surface area (Å²) < 4.78 is 29.2. The van der Waals surface area contributed by atoms with Gasteiger partial charge in [0.15, 0.2) is 11.5 Å². The highest BCUT2D eigenvalue weighted by Gasteiger charge is 2.29. The van der Waals surface area contributed by atoms with Crippen LogP contribution in [0.3, 0.4) is 0 Å². The molecule has 0 aliphatic carbocycles. The second-order valence-electron chi connectivity index (χ2n) is 10.7. The molecule has 2 atom stereocenters. The van der Waals surface area contributed by atoms with Gasteiger partial charge in [0.2, 0.25) is 6.79 Å². The van der Waals surface area contributed by atoms with Gasteiger partial charge in [0.05, 0.1) is 19.6 Å². The van der Waals surface area contributed by atoms with Crippen molar-refractivity contribution in [2.75, 3.05) is 40.6 Å². The van der Waals surface area contributed by atoms with Crippen molar-refractivity contribution in [2.24, 2.45) is 5.92 Å². The van der Waals surface area contributed by atoms with Crippen LogP contribution in [0.4, 0.5) is 0 Å². The van der Waals surface area contributed by atoms with Crippen molar-refractivity contribution in [3.05, 3.63) is 82.2 Å². The van der Waals surface area contributed by atoms with E-state index < -0.39 is 5.63 Å². The van der Waals surface area contributed by atoms with E-state index >= 15 is 0 Å². The van der Waals surface area contributed by atoms with Gasteiger partial charge in [-0.15, -0.1) is 0 Å². The monoisotopic (exact) mass is 541 g/mol. The lowest BCUT2D eigenvalue weighted by Gasteiger charge is -2.32. The zero-order valence-corrected chi connectivity index (χ0v) is 23.3. The molecule has 208 valence electrons. The van der Waals surface area contributed by atoms with Crippen LogP contribution in [0.25, 0.3) is 22.1 Å². The third-order valence-electron chi connectivity index (χ3n) is 8.13. The lowest BCUT2D eigenvalue weighted by Crippen LogP contribution is -2.35. The molecule has 4 aromatic rings. The zero-order valence-electron chi connectivity index (χ0n) is 23.3. The number of hydrogen-bond donors (Lipinski definition) is 0. The Morgan fingerprint density at radius 1 is 0.975 bits per heavy atom. The molecule has 2 aliphatic rings. The van der Waals surface area contributed by atoms with Gasteiger partial charge in [-0.05, 0) is 61.5 Å². The van der Waals surface area contributed by atoms with Gasteiger partial charge in [-0.3, -0.25) is 0 Å². The number of likely N-dealkylation sites (tertiary alicyclic amines) is 1. The Kier molecular flexibility index (Phi) is 7.39. The van der Waals surface area contributed by atoms with E-state index in [1.807, 2.05) is 48.5 Å². The van der Waals surface area contributed by atoms with Crippen LogP contribution in [0, 0.1) is 5.92 Å². The van der Waals surface area contributed by atoms with Crippen molar-refractivity contribution in [1.29, 1.82) is 0 Å².